The molecule has 0 saturated carbocycles. The molecule has 2 aromatic rings. The molecule has 0 radical (unpaired) electrons. The minimum atomic E-state index is 0.618. The van der Waals surface area contributed by atoms with Crippen LogP contribution in [0, 0.1) is 0 Å². The molecule has 0 aliphatic heterocycles. The smallest absolute Gasteiger partial charge is 0.122 e. The van der Waals surface area contributed by atoms with Crippen molar-refractivity contribution in [1.82, 2.24) is 9.97 Å². The molecule has 74 valence electrons. The van der Waals surface area contributed by atoms with E-state index in [2.05, 4.69) is 20.2 Å². The fourth-order valence-corrected chi connectivity index (χ4v) is 1.09. The Hall–Kier alpha value is -1.81. The van der Waals surface area contributed by atoms with Crippen molar-refractivity contribution >= 4 is 23.0 Å². The van der Waals surface area contributed by atoms with Crippen molar-refractivity contribution in [3.05, 3.63) is 48.0 Å². The first-order valence-electron chi connectivity index (χ1n) is 4.27. The topological polar surface area (TPSA) is 50.5 Å². The Bertz CT molecular complexity index is 453. The van der Waals surface area contributed by atoms with Gasteiger partial charge in [0.25, 0.3) is 0 Å². The zero-order chi connectivity index (χ0) is 10.5. The van der Waals surface area contributed by atoms with Gasteiger partial charge < -0.3 is 0 Å². The number of aromatic nitrogens is 2. The van der Waals surface area contributed by atoms with Gasteiger partial charge in [-0.2, -0.15) is 5.11 Å². The summed E-state index contributed by atoms with van der Waals surface area (Å²) in [7, 11) is 0. The highest BCUT2D eigenvalue weighted by Crippen LogP contribution is 2.18. The lowest BCUT2D eigenvalue weighted by atomic mass is 10.3. The van der Waals surface area contributed by atoms with E-state index in [9.17, 15) is 0 Å². The first-order valence-corrected chi connectivity index (χ1v) is 4.65. The van der Waals surface area contributed by atoms with Gasteiger partial charge in [0.05, 0.1) is 18.1 Å². The summed E-state index contributed by atoms with van der Waals surface area (Å²) in [5.41, 5.74) is 1.36. The molecule has 0 fully saturated rings. The average molecular weight is 219 g/mol. The molecule has 1 aromatic carbocycles. The molecule has 0 spiro atoms. The van der Waals surface area contributed by atoms with Crippen molar-refractivity contribution in [3.8, 4) is 0 Å². The predicted molar refractivity (Wildman–Crippen MR) is 57.7 cm³/mol. The summed E-state index contributed by atoms with van der Waals surface area (Å²) in [6.45, 7) is 0. The van der Waals surface area contributed by atoms with Gasteiger partial charge in [0.2, 0.25) is 0 Å². The van der Waals surface area contributed by atoms with Crippen LogP contribution in [0.2, 0.25) is 5.02 Å². The Morgan fingerprint density at radius 1 is 0.867 bits per heavy atom. The summed E-state index contributed by atoms with van der Waals surface area (Å²) < 4.78 is 0. The highest BCUT2D eigenvalue weighted by atomic mass is 35.5. The van der Waals surface area contributed by atoms with E-state index < -0.39 is 0 Å². The molecule has 4 nitrogen and oxygen atoms in total. The van der Waals surface area contributed by atoms with Gasteiger partial charge in [0, 0.05) is 5.02 Å². The molecule has 0 unspecified atom stereocenters. The van der Waals surface area contributed by atoms with Crippen molar-refractivity contribution in [1.29, 1.82) is 0 Å². The van der Waals surface area contributed by atoms with Crippen LogP contribution < -0.4 is 0 Å². The highest BCUT2D eigenvalue weighted by molar-refractivity contribution is 6.30. The van der Waals surface area contributed by atoms with Crippen LogP contribution in [-0.2, 0) is 0 Å². The average Bonchev–Trinajstić information content (AvgIpc) is 2.30. The third-order valence-electron chi connectivity index (χ3n) is 1.65. The lowest BCUT2D eigenvalue weighted by Crippen LogP contribution is -1.72. The van der Waals surface area contributed by atoms with Gasteiger partial charge in [-0.3, -0.25) is 0 Å². The minimum Gasteiger partial charge on any atom is -0.243 e. The number of rotatable bonds is 2. The first kappa shape index (κ1) is 9.73. The quantitative estimate of drug-likeness (QED) is 0.724. The van der Waals surface area contributed by atoms with Crippen LogP contribution in [0.1, 0.15) is 0 Å². The van der Waals surface area contributed by atoms with Crippen LogP contribution in [-0.4, -0.2) is 9.97 Å². The maximum atomic E-state index is 5.74. The van der Waals surface area contributed by atoms with E-state index in [1.807, 2.05) is 0 Å². The van der Waals surface area contributed by atoms with E-state index in [1.54, 1.807) is 36.7 Å². The van der Waals surface area contributed by atoms with Crippen molar-refractivity contribution in [3.63, 3.8) is 0 Å². The molecule has 1 aromatic heterocycles. The molecule has 2 rings (SSSR count). The molecule has 0 N–H and O–H groups in total. The first-order chi connectivity index (χ1) is 7.34. The fraction of sp³-hybridized carbons (Fsp3) is 0. The van der Waals surface area contributed by atoms with E-state index in [1.165, 1.54) is 6.33 Å². The van der Waals surface area contributed by atoms with Gasteiger partial charge in [0.15, 0.2) is 0 Å². The monoisotopic (exact) mass is 218 g/mol. The number of benzene rings is 1. The Balaban J connectivity index is 2.15. The van der Waals surface area contributed by atoms with Crippen molar-refractivity contribution in [2.24, 2.45) is 10.2 Å². The third kappa shape index (κ3) is 2.82. The molecule has 0 atom stereocenters. The maximum absolute atomic E-state index is 5.74. The summed E-state index contributed by atoms with van der Waals surface area (Å²) in [6.07, 6.45) is 4.63. The summed E-state index contributed by atoms with van der Waals surface area (Å²) >= 11 is 5.74. The minimum absolute atomic E-state index is 0.618. The standard InChI is InChI=1S/C10H7ClN4/c11-8-1-3-9(4-2-8)14-15-10-5-12-7-13-6-10/h1-7H. The van der Waals surface area contributed by atoms with Gasteiger partial charge in [-0.1, -0.05) is 11.6 Å². The second kappa shape index (κ2) is 4.61. The zero-order valence-electron chi connectivity index (χ0n) is 7.71. The lowest BCUT2D eigenvalue weighted by Gasteiger charge is -1.92. The van der Waals surface area contributed by atoms with Crippen LogP contribution in [0.3, 0.4) is 0 Å². The van der Waals surface area contributed by atoms with Crippen LogP contribution in [0.4, 0.5) is 11.4 Å². The van der Waals surface area contributed by atoms with Gasteiger partial charge in [-0.15, -0.1) is 5.11 Å². The maximum Gasteiger partial charge on any atom is 0.122 e. The Labute approximate surface area is 91.7 Å². The Kier molecular flexibility index (Phi) is 2.99. The number of halogens is 1. The number of azo groups is 1. The van der Waals surface area contributed by atoms with Crippen molar-refractivity contribution < 1.29 is 0 Å². The molecule has 0 saturated heterocycles. The van der Waals surface area contributed by atoms with E-state index in [4.69, 9.17) is 11.6 Å². The lowest BCUT2D eigenvalue weighted by molar-refractivity contribution is 1.12. The van der Waals surface area contributed by atoms with E-state index in [0.29, 0.717) is 10.7 Å². The molecule has 5 heteroatoms. The Morgan fingerprint density at radius 2 is 1.47 bits per heavy atom. The summed E-state index contributed by atoms with van der Waals surface area (Å²) in [5.74, 6) is 0. The molecular formula is C10H7ClN4. The van der Waals surface area contributed by atoms with Gasteiger partial charge in [-0.25, -0.2) is 9.97 Å². The number of nitrogens with zero attached hydrogens (tertiary/aromatic N) is 4. The molecule has 0 amide bonds. The van der Waals surface area contributed by atoms with Gasteiger partial charge >= 0.3 is 0 Å². The summed E-state index contributed by atoms with van der Waals surface area (Å²) in [5, 5.41) is 8.64. The van der Waals surface area contributed by atoms with Crippen LogP contribution in [0.15, 0.2) is 53.2 Å². The molecule has 0 aliphatic carbocycles. The fourth-order valence-electron chi connectivity index (χ4n) is 0.966. The third-order valence-corrected chi connectivity index (χ3v) is 1.91. The van der Waals surface area contributed by atoms with E-state index >= 15 is 0 Å². The normalized spacial score (nSPS) is 10.7. The molecule has 1 heterocycles. The summed E-state index contributed by atoms with van der Waals surface area (Å²) in [6, 6.07) is 7.10. The highest BCUT2D eigenvalue weighted by Gasteiger charge is 1.90. The van der Waals surface area contributed by atoms with E-state index in [-0.39, 0.29) is 0 Å². The SMILES string of the molecule is Clc1ccc(N=Nc2cncnc2)cc1. The molecular weight excluding hydrogens is 212 g/mol. The van der Waals surface area contributed by atoms with Gasteiger partial charge in [-0.05, 0) is 24.3 Å². The predicted octanol–water partition coefficient (Wildman–Crippen LogP) is 3.55. The molecule has 0 aliphatic rings. The molecule has 0 bridgehead atoms. The Morgan fingerprint density at radius 3 is 2.13 bits per heavy atom. The second-order valence-electron chi connectivity index (χ2n) is 2.77. The van der Waals surface area contributed by atoms with Crippen molar-refractivity contribution in [2.75, 3.05) is 0 Å². The van der Waals surface area contributed by atoms with Crippen molar-refractivity contribution in [2.45, 2.75) is 0 Å². The van der Waals surface area contributed by atoms with Crippen LogP contribution in [0.25, 0.3) is 0 Å². The largest absolute Gasteiger partial charge is 0.243 e. The number of hydrogen-bond acceptors (Lipinski definition) is 4. The van der Waals surface area contributed by atoms with Gasteiger partial charge in [0.1, 0.15) is 12.0 Å². The number of hydrogen-bond donors (Lipinski definition) is 0. The van der Waals surface area contributed by atoms with Crippen LogP contribution >= 0.6 is 11.6 Å². The van der Waals surface area contributed by atoms with Crippen LogP contribution in [0.5, 0.6) is 0 Å². The van der Waals surface area contributed by atoms with E-state index in [0.717, 1.165) is 5.69 Å². The zero-order valence-corrected chi connectivity index (χ0v) is 8.46. The summed E-state index contributed by atoms with van der Waals surface area (Å²) in [4.78, 5) is 7.65. The second-order valence-corrected chi connectivity index (χ2v) is 3.21. The molecule has 15 heavy (non-hydrogen) atoms.